The molecule has 1 aliphatic carbocycles. The Bertz CT molecular complexity index is 1090. The first-order valence-electron chi connectivity index (χ1n) is 12.7. The Kier molecular flexibility index (Phi) is 8.40. The summed E-state index contributed by atoms with van der Waals surface area (Å²) in [7, 11) is 0. The van der Waals surface area contributed by atoms with E-state index in [1.54, 1.807) is 0 Å². The quantitative estimate of drug-likeness (QED) is 0.412. The van der Waals surface area contributed by atoms with Crippen LogP contribution in [0.25, 0.3) is 0 Å². The number of para-hydroxylation sites is 1. The van der Waals surface area contributed by atoms with Crippen molar-refractivity contribution in [3.63, 3.8) is 0 Å². The highest BCUT2D eigenvalue weighted by atomic mass is 32.2. The van der Waals surface area contributed by atoms with E-state index in [9.17, 15) is 4.79 Å². The van der Waals surface area contributed by atoms with Crippen molar-refractivity contribution in [2.24, 2.45) is 0 Å². The number of nitrogens with zero attached hydrogens (tertiary/aromatic N) is 4. The minimum absolute atomic E-state index is 0.117. The summed E-state index contributed by atoms with van der Waals surface area (Å²) in [6.07, 6.45) is 6.90. The fraction of sp³-hybridized carbons (Fsp3) is 0.444. The number of rotatable bonds is 9. The largest absolute Gasteiger partial charge is 0.484 e. The number of aromatic nitrogens is 2. The Morgan fingerprint density at radius 3 is 2.47 bits per heavy atom. The molecule has 1 aromatic heterocycles. The van der Waals surface area contributed by atoms with Gasteiger partial charge < -0.3 is 19.4 Å². The van der Waals surface area contributed by atoms with E-state index in [-0.39, 0.29) is 18.3 Å². The molecule has 5 rings (SSSR count). The molecule has 2 aliphatic rings. The molecule has 2 aromatic carbocycles. The highest BCUT2D eigenvalue weighted by molar-refractivity contribution is 7.99. The fourth-order valence-corrected chi connectivity index (χ4v) is 5.47. The van der Waals surface area contributed by atoms with Gasteiger partial charge in [0.25, 0.3) is 11.1 Å². The molecule has 0 spiro atoms. The van der Waals surface area contributed by atoms with Crippen LogP contribution in [0, 0.1) is 0 Å². The number of hydrogen-bond acceptors (Lipinski definition) is 8. The minimum atomic E-state index is -0.117. The van der Waals surface area contributed by atoms with E-state index in [2.05, 4.69) is 37.4 Å². The van der Waals surface area contributed by atoms with Crippen LogP contribution in [-0.4, -0.2) is 59.0 Å². The van der Waals surface area contributed by atoms with Gasteiger partial charge in [0.05, 0.1) is 5.75 Å². The van der Waals surface area contributed by atoms with Gasteiger partial charge in [0.15, 0.2) is 6.61 Å². The van der Waals surface area contributed by atoms with Gasteiger partial charge in [-0.05, 0) is 49.2 Å². The zero-order valence-electron chi connectivity index (χ0n) is 20.5. The van der Waals surface area contributed by atoms with E-state index in [0.717, 1.165) is 43.7 Å². The Morgan fingerprint density at radius 1 is 0.972 bits per heavy atom. The molecule has 190 valence electrons. The van der Waals surface area contributed by atoms with E-state index in [0.29, 0.717) is 11.1 Å². The summed E-state index contributed by atoms with van der Waals surface area (Å²) in [6.45, 7) is 4.57. The third-order valence-electron chi connectivity index (χ3n) is 6.80. The molecule has 1 saturated heterocycles. The molecule has 2 heterocycles. The molecule has 36 heavy (non-hydrogen) atoms. The minimum Gasteiger partial charge on any atom is -0.484 e. The lowest BCUT2D eigenvalue weighted by molar-refractivity contribution is -0.113. The number of thioether (sulfide) groups is 1. The van der Waals surface area contributed by atoms with Crippen LogP contribution >= 0.6 is 11.8 Å². The predicted octanol–water partition coefficient (Wildman–Crippen LogP) is 4.83. The molecule has 0 radical (unpaired) electrons. The maximum atomic E-state index is 12.4. The number of carbonyl (C=O) groups is 1. The first-order chi connectivity index (χ1) is 17.7. The molecule has 0 unspecified atom stereocenters. The normalized spacial score (nSPS) is 17.2. The summed E-state index contributed by atoms with van der Waals surface area (Å²) in [6, 6.07) is 18.4. The van der Waals surface area contributed by atoms with Gasteiger partial charge in [-0.1, -0.05) is 49.2 Å². The maximum Gasteiger partial charge on any atom is 0.277 e. The third kappa shape index (κ3) is 6.79. The summed E-state index contributed by atoms with van der Waals surface area (Å²) in [4.78, 5) is 17.5. The number of ether oxygens (including phenoxy) is 1. The average Bonchev–Trinajstić information content (AvgIpc) is 3.40. The standard InChI is InChI=1S/C27H33N5O3S/c33-25(20-36-27-30-29-26(35-27)19-34-24-9-5-2-6-10-24)28-21-11-13-23(14-12-21)32-17-15-31(16-18-32)22-7-3-1-4-8-22/h2,5-6,9-14,22H,1,3-4,7-8,15-20H2,(H,28,33). The number of carbonyl (C=O) groups excluding carboxylic acids is 1. The van der Waals surface area contributed by atoms with Crippen molar-refractivity contribution in [2.75, 3.05) is 42.1 Å². The summed E-state index contributed by atoms with van der Waals surface area (Å²) >= 11 is 1.21. The van der Waals surface area contributed by atoms with Gasteiger partial charge in [0.1, 0.15) is 5.75 Å². The third-order valence-corrected chi connectivity index (χ3v) is 7.62. The van der Waals surface area contributed by atoms with Crippen LogP contribution in [0.3, 0.4) is 0 Å². The molecular weight excluding hydrogens is 474 g/mol. The van der Waals surface area contributed by atoms with E-state index < -0.39 is 0 Å². The fourth-order valence-electron chi connectivity index (χ4n) is 4.89. The highest BCUT2D eigenvalue weighted by Crippen LogP contribution is 2.26. The molecule has 3 aromatic rings. The summed E-state index contributed by atoms with van der Waals surface area (Å²) in [5, 5.41) is 11.3. The Labute approximate surface area is 216 Å². The zero-order valence-corrected chi connectivity index (χ0v) is 21.3. The number of nitrogens with one attached hydrogen (secondary N) is 1. The smallest absolute Gasteiger partial charge is 0.277 e. The molecular formula is C27H33N5O3S. The lowest BCUT2D eigenvalue weighted by atomic mass is 9.94. The van der Waals surface area contributed by atoms with Gasteiger partial charge in [-0.15, -0.1) is 10.2 Å². The number of piperazine rings is 1. The van der Waals surface area contributed by atoms with Crippen molar-refractivity contribution in [1.29, 1.82) is 0 Å². The molecule has 1 amide bonds. The predicted molar refractivity (Wildman–Crippen MR) is 142 cm³/mol. The topological polar surface area (TPSA) is 83.7 Å². The van der Waals surface area contributed by atoms with E-state index in [1.807, 2.05) is 42.5 Å². The van der Waals surface area contributed by atoms with Crippen LogP contribution in [0.4, 0.5) is 11.4 Å². The molecule has 2 fully saturated rings. The van der Waals surface area contributed by atoms with Crippen molar-refractivity contribution in [1.82, 2.24) is 15.1 Å². The monoisotopic (exact) mass is 507 g/mol. The van der Waals surface area contributed by atoms with Crippen LogP contribution in [0.2, 0.25) is 0 Å². The Morgan fingerprint density at radius 2 is 1.72 bits per heavy atom. The number of hydrogen-bond donors (Lipinski definition) is 1. The van der Waals surface area contributed by atoms with Gasteiger partial charge in [0.2, 0.25) is 5.91 Å². The van der Waals surface area contributed by atoms with E-state index in [1.165, 1.54) is 49.6 Å². The van der Waals surface area contributed by atoms with Crippen LogP contribution in [0.5, 0.6) is 5.75 Å². The second-order valence-electron chi connectivity index (χ2n) is 9.26. The van der Waals surface area contributed by atoms with Gasteiger partial charge >= 0.3 is 0 Å². The van der Waals surface area contributed by atoms with Crippen LogP contribution in [-0.2, 0) is 11.4 Å². The van der Waals surface area contributed by atoms with Gasteiger partial charge in [-0.2, -0.15) is 0 Å². The SMILES string of the molecule is O=C(CSc1nnc(COc2ccccc2)o1)Nc1ccc(N2CCN(C3CCCCC3)CC2)cc1. The summed E-state index contributed by atoms with van der Waals surface area (Å²) < 4.78 is 11.2. The molecule has 8 nitrogen and oxygen atoms in total. The van der Waals surface area contributed by atoms with Crippen molar-refractivity contribution in [3.8, 4) is 5.75 Å². The van der Waals surface area contributed by atoms with Gasteiger partial charge in [-0.25, -0.2) is 0 Å². The van der Waals surface area contributed by atoms with Crippen molar-refractivity contribution in [2.45, 2.75) is 50.0 Å². The first-order valence-corrected chi connectivity index (χ1v) is 13.7. The summed E-state index contributed by atoms with van der Waals surface area (Å²) in [5.41, 5.74) is 1.99. The Hall–Kier alpha value is -3.04. The number of benzene rings is 2. The second-order valence-corrected chi connectivity index (χ2v) is 10.2. The Balaban J connectivity index is 1.03. The maximum absolute atomic E-state index is 12.4. The van der Waals surface area contributed by atoms with E-state index >= 15 is 0 Å². The lowest BCUT2D eigenvalue weighted by Crippen LogP contribution is -2.50. The van der Waals surface area contributed by atoms with Crippen LogP contribution < -0.4 is 15.0 Å². The molecule has 1 aliphatic heterocycles. The molecule has 1 N–H and O–H groups in total. The van der Waals surface area contributed by atoms with Gasteiger partial charge in [0, 0.05) is 43.6 Å². The molecule has 9 heteroatoms. The number of amides is 1. The average molecular weight is 508 g/mol. The first kappa shape index (κ1) is 24.6. The zero-order chi connectivity index (χ0) is 24.6. The second kappa shape index (κ2) is 12.3. The van der Waals surface area contributed by atoms with Crippen LogP contribution in [0.15, 0.2) is 64.2 Å². The van der Waals surface area contributed by atoms with Crippen LogP contribution in [0.1, 0.15) is 38.0 Å². The van der Waals surface area contributed by atoms with Gasteiger partial charge in [-0.3, -0.25) is 9.69 Å². The molecule has 1 saturated carbocycles. The van der Waals surface area contributed by atoms with E-state index in [4.69, 9.17) is 9.15 Å². The summed E-state index contributed by atoms with van der Waals surface area (Å²) in [5.74, 6) is 1.18. The lowest BCUT2D eigenvalue weighted by Gasteiger charge is -2.41. The van der Waals surface area contributed by atoms with Crippen molar-refractivity contribution < 1.29 is 13.9 Å². The van der Waals surface area contributed by atoms with Crippen molar-refractivity contribution >= 4 is 29.0 Å². The highest BCUT2D eigenvalue weighted by Gasteiger charge is 2.25. The molecule has 0 bridgehead atoms. The number of anilines is 2. The molecule has 0 atom stereocenters. The van der Waals surface area contributed by atoms with Crippen molar-refractivity contribution in [3.05, 3.63) is 60.5 Å².